The molecule has 0 spiro atoms. The number of rotatable bonds is 6. The highest BCUT2D eigenvalue weighted by atomic mass is 32.2. The van der Waals surface area contributed by atoms with Crippen LogP contribution >= 0.6 is 0 Å². The lowest BCUT2D eigenvalue weighted by atomic mass is 10.0. The van der Waals surface area contributed by atoms with Crippen LogP contribution in [0.15, 0.2) is 34.1 Å². The summed E-state index contributed by atoms with van der Waals surface area (Å²) in [6.07, 6.45) is 0. The van der Waals surface area contributed by atoms with E-state index in [4.69, 9.17) is 0 Å². The van der Waals surface area contributed by atoms with Gasteiger partial charge in [-0.15, -0.1) is 0 Å². The summed E-state index contributed by atoms with van der Waals surface area (Å²) in [7, 11) is -7.73. The lowest BCUT2D eigenvalue weighted by Gasteiger charge is -2.34. The molecule has 0 atom stereocenters. The van der Waals surface area contributed by atoms with E-state index in [2.05, 4.69) is 0 Å². The summed E-state index contributed by atoms with van der Waals surface area (Å²) in [6.45, 7) is 10.9. The molecule has 0 aliphatic carbocycles. The lowest BCUT2D eigenvalue weighted by Crippen LogP contribution is -2.50. The number of hydrogen-bond acceptors (Lipinski definition) is 6. The van der Waals surface area contributed by atoms with E-state index in [1.54, 1.807) is 13.8 Å². The van der Waals surface area contributed by atoms with Crippen molar-refractivity contribution < 1.29 is 27.0 Å². The average molecular weight is 511 g/mol. The van der Waals surface area contributed by atoms with E-state index >= 15 is 0 Å². The highest BCUT2D eigenvalue weighted by molar-refractivity contribution is 7.89. The highest BCUT2D eigenvalue weighted by Gasteiger charge is 2.35. The molecule has 1 heterocycles. The van der Waals surface area contributed by atoms with Gasteiger partial charge >= 0.3 is 0 Å². The van der Waals surface area contributed by atoms with E-state index in [-0.39, 0.29) is 59.3 Å². The maximum Gasteiger partial charge on any atom is 0.243 e. The maximum atomic E-state index is 13.4. The van der Waals surface area contributed by atoms with Gasteiger partial charge in [0.25, 0.3) is 0 Å². The molecule has 2 N–H and O–H groups in total. The van der Waals surface area contributed by atoms with Crippen LogP contribution in [0.2, 0.25) is 0 Å². The van der Waals surface area contributed by atoms with Gasteiger partial charge in [-0.25, -0.2) is 16.8 Å². The molecule has 0 unspecified atom stereocenters. The number of benzene rings is 2. The number of sulfonamides is 2. The number of piperazine rings is 1. The van der Waals surface area contributed by atoms with Crippen LogP contribution in [-0.2, 0) is 20.0 Å². The Morgan fingerprint density at radius 2 is 0.941 bits per heavy atom. The van der Waals surface area contributed by atoms with Gasteiger partial charge in [-0.05, 0) is 72.2 Å². The van der Waals surface area contributed by atoms with E-state index in [0.29, 0.717) is 22.3 Å². The first-order chi connectivity index (χ1) is 15.7. The number of aromatic hydroxyl groups is 2. The lowest BCUT2D eigenvalue weighted by molar-refractivity contribution is 0.272. The van der Waals surface area contributed by atoms with Crippen LogP contribution in [0.5, 0.6) is 11.5 Å². The molecule has 0 saturated carbocycles. The zero-order valence-corrected chi connectivity index (χ0v) is 22.2. The van der Waals surface area contributed by atoms with Crippen LogP contribution < -0.4 is 0 Å². The summed E-state index contributed by atoms with van der Waals surface area (Å²) in [5.41, 5.74) is 1.99. The van der Waals surface area contributed by atoms with Gasteiger partial charge in [0.15, 0.2) is 0 Å². The molecule has 0 radical (unpaired) electrons. The van der Waals surface area contributed by atoms with Crippen LogP contribution in [0.1, 0.15) is 61.8 Å². The monoisotopic (exact) mass is 510 g/mol. The third-order valence-electron chi connectivity index (χ3n) is 6.33. The Labute approximate surface area is 202 Å². The molecule has 1 aliphatic rings. The molecule has 3 rings (SSSR count). The predicted octanol–water partition coefficient (Wildman–Crippen LogP) is 3.66. The Morgan fingerprint density at radius 3 is 1.21 bits per heavy atom. The van der Waals surface area contributed by atoms with Gasteiger partial charge in [-0.2, -0.15) is 8.61 Å². The molecule has 0 bridgehead atoms. The smallest absolute Gasteiger partial charge is 0.243 e. The molecule has 1 aliphatic heterocycles. The Balaban J connectivity index is 1.87. The fourth-order valence-corrected chi connectivity index (χ4v) is 7.61. The van der Waals surface area contributed by atoms with Crippen molar-refractivity contribution in [3.05, 3.63) is 46.5 Å². The van der Waals surface area contributed by atoms with E-state index in [1.165, 1.54) is 32.9 Å². The van der Waals surface area contributed by atoms with Crippen molar-refractivity contribution in [1.82, 2.24) is 8.61 Å². The topological polar surface area (TPSA) is 115 Å². The highest BCUT2D eigenvalue weighted by Crippen LogP contribution is 2.34. The van der Waals surface area contributed by atoms with Crippen molar-refractivity contribution in [2.75, 3.05) is 26.2 Å². The van der Waals surface area contributed by atoms with Gasteiger partial charge in [0.05, 0.1) is 9.79 Å². The molecule has 34 heavy (non-hydrogen) atoms. The summed E-state index contributed by atoms with van der Waals surface area (Å²) in [5, 5.41) is 20.4. The zero-order valence-electron chi connectivity index (χ0n) is 20.5. The van der Waals surface area contributed by atoms with Crippen molar-refractivity contribution in [1.29, 1.82) is 0 Å². The third kappa shape index (κ3) is 4.82. The first-order valence-electron chi connectivity index (χ1n) is 11.3. The SMILES string of the molecule is Cc1cc(O)c(C(C)C)cc1S(=O)(=O)N1CCN(S(=O)(=O)c2cc(C(C)C)c(O)cc2C)CC1. The first-order valence-corrected chi connectivity index (χ1v) is 14.2. The number of phenolic OH excluding ortho intramolecular Hbond substituents is 2. The summed E-state index contributed by atoms with van der Waals surface area (Å²) < 4.78 is 56.1. The van der Waals surface area contributed by atoms with Gasteiger partial charge in [-0.1, -0.05) is 27.7 Å². The number of nitrogens with zero attached hydrogens (tertiary/aromatic N) is 2. The molecular formula is C24H34N2O6S2. The van der Waals surface area contributed by atoms with E-state index in [0.717, 1.165) is 0 Å². The molecular weight excluding hydrogens is 476 g/mol. The first kappa shape index (κ1) is 26.5. The quantitative estimate of drug-likeness (QED) is 0.613. The van der Waals surface area contributed by atoms with Gasteiger partial charge in [-0.3, -0.25) is 0 Å². The fourth-order valence-electron chi connectivity index (χ4n) is 4.29. The summed E-state index contributed by atoms with van der Waals surface area (Å²) in [6, 6.07) is 5.95. The zero-order chi connectivity index (χ0) is 25.6. The molecule has 2 aromatic carbocycles. The average Bonchev–Trinajstić information content (AvgIpc) is 2.72. The normalized spacial score (nSPS) is 16.5. The van der Waals surface area contributed by atoms with Gasteiger partial charge in [0.2, 0.25) is 20.0 Å². The summed E-state index contributed by atoms with van der Waals surface area (Å²) >= 11 is 0. The Hall–Kier alpha value is -2.14. The predicted molar refractivity (Wildman–Crippen MR) is 131 cm³/mol. The van der Waals surface area contributed by atoms with E-state index in [1.807, 2.05) is 27.7 Å². The van der Waals surface area contributed by atoms with Gasteiger partial charge < -0.3 is 10.2 Å². The van der Waals surface area contributed by atoms with Gasteiger partial charge in [0.1, 0.15) is 11.5 Å². The standard InChI is InChI=1S/C24H34N2O6S2/c1-15(2)19-13-23(17(5)11-21(19)27)33(29,30)25-7-9-26(10-8-25)34(31,32)24-14-20(16(3)4)22(28)12-18(24)6/h11-16,27-28H,7-10H2,1-6H3. The summed E-state index contributed by atoms with van der Waals surface area (Å²) in [5.74, 6) is 0.0152. The fraction of sp³-hybridized carbons (Fsp3) is 0.500. The van der Waals surface area contributed by atoms with Crippen molar-refractivity contribution in [2.24, 2.45) is 0 Å². The third-order valence-corrected chi connectivity index (χ3v) is 10.4. The Bertz CT molecular complexity index is 1190. The van der Waals surface area contributed by atoms with Crippen molar-refractivity contribution in [2.45, 2.75) is 63.2 Å². The summed E-state index contributed by atoms with van der Waals surface area (Å²) in [4.78, 5) is 0.252. The second kappa shape index (κ2) is 9.49. The molecule has 1 fully saturated rings. The molecule has 10 heteroatoms. The minimum atomic E-state index is -3.86. The molecule has 188 valence electrons. The number of aryl methyl sites for hydroxylation is 2. The minimum Gasteiger partial charge on any atom is -0.508 e. The van der Waals surface area contributed by atoms with Crippen molar-refractivity contribution in [3.8, 4) is 11.5 Å². The molecule has 2 aromatic rings. The number of phenols is 2. The Kier molecular flexibility index (Phi) is 7.38. The van der Waals surface area contributed by atoms with E-state index in [9.17, 15) is 27.0 Å². The van der Waals surface area contributed by atoms with Crippen LogP contribution in [0.4, 0.5) is 0 Å². The van der Waals surface area contributed by atoms with Crippen LogP contribution in [0, 0.1) is 13.8 Å². The van der Waals surface area contributed by atoms with Crippen molar-refractivity contribution >= 4 is 20.0 Å². The molecule has 8 nitrogen and oxygen atoms in total. The van der Waals surface area contributed by atoms with E-state index < -0.39 is 20.0 Å². The van der Waals surface area contributed by atoms with Gasteiger partial charge in [0, 0.05) is 26.2 Å². The van der Waals surface area contributed by atoms with Crippen LogP contribution in [0.3, 0.4) is 0 Å². The second-order valence-electron chi connectivity index (χ2n) is 9.47. The molecule has 0 amide bonds. The molecule has 1 saturated heterocycles. The Morgan fingerprint density at radius 1 is 0.647 bits per heavy atom. The largest absolute Gasteiger partial charge is 0.508 e. The van der Waals surface area contributed by atoms with Crippen LogP contribution in [0.25, 0.3) is 0 Å². The second-order valence-corrected chi connectivity index (χ2v) is 13.3. The minimum absolute atomic E-state index is 0.0209. The maximum absolute atomic E-state index is 13.4. The van der Waals surface area contributed by atoms with Crippen LogP contribution in [-0.4, -0.2) is 61.8 Å². The van der Waals surface area contributed by atoms with Crippen molar-refractivity contribution in [3.63, 3.8) is 0 Å². The number of hydrogen-bond donors (Lipinski definition) is 2. The molecule has 0 aromatic heterocycles.